The largest absolute Gasteiger partial charge is 0.323 e. The van der Waals surface area contributed by atoms with Crippen LogP contribution in [0.2, 0.25) is 0 Å². The van der Waals surface area contributed by atoms with Gasteiger partial charge in [-0.3, -0.25) is 10.8 Å². The van der Waals surface area contributed by atoms with Crippen molar-refractivity contribution >= 4 is 32.5 Å². The van der Waals surface area contributed by atoms with Crippen LogP contribution in [0.5, 0.6) is 0 Å². The molecule has 3 N–H and O–H groups in total. The Hall–Kier alpha value is -1.20. The standard InChI is InChI=1S/C13H15BrFN3/c1-13(2,3)12-6-11(18-16)7-4-8(14)9(15)5-10(7)17-12/h4-6H,16H2,1-3H3,(H,17,18). The number of anilines is 1. The number of hydrogen-bond acceptors (Lipinski definition) is 3. The van der Waals surface area contributed by atoms with Gasteiger partial charge >= 0.3 is 0 Å². The molecule has 18 heavy (non-hydrogen) atoms. The fourth-order valence-corrected chi connectivity index (χ4v) is 2.07. The minimum atomic E-state index is -0.330. The van der Waals surface area contributed by atoms with Crippen LogP contribution in [-0.2, 0) is 5.41 Å². The van der Waals surface area contributed by atoms with Crippen molar-refractivity contribution in [3.05, 3.63) is 34.2 Å². The Balaban J connectivity index is 2.80. The molecule has 0 atom stereocenters. The van der Waals surface area contributed by atoms with Crippen molar-refractivity contribution in [3.63, 3.8) is 0 Å². The summed E-state index contributed by atoms with van der Waals surface area (Å²) in [5.41, 5.74) is 4.72. The molecule has 1 aromatic heterocycles. The van der Waals surface area contributed by atoms with Crippen LogP contribution < -0.4 is 11.3 Å². The van der Waals surface area contributed by atoms with Gasteiger partial charge in [0.05, 0.1) is 15.7 Å². The van der Waals surface area contributed by atoms with E-state index in [1.54, 1.807) is 6.07 Å². The van der Waals surface area contributed by atoms with Crippen LogP contribution in [0.15, 0.2) is 22.7 Å². The van der Waals surface area contributed by atoms with Crippen molar-refractivity contribution in [1.82, 2.24) is 4.98 Å². The van der Waals surface area contributed by atoms with Crippen LogP contribution in [0.4, 0.5) is 10.1 Å². The van der Waals surface area contributed by atoms with Gasteiger partial charge in [0.25, 0.3) is 0 Å². The number of halogens is 2. The predicted molar refractivity (Wildman–Crippen MR) is 75.9 cm³/mol. The van der Waals surface area contributed by atoms with Gasteiger partial charge in [0, 0.05) is 22.6 Å². The van der Waals surface area contributed by atoms with Crippen molar-refractivity contribution in [2.45, 2.75) is 26.2 Å². The number of benzene rings is 1. The van der Waals surface area contributed by atoms with E-state index in [1.165, 1.54) is 6.07 Å². The van der Waals surface area contributed by atoms with Crippen LogP contribution in [-0.4, -0.2) is 4.98 Å². The van der Waals surface area contributed by atoms with Gasteiger partial charge in [-0.25, -0.2) is 4.39 Å². The Morgan fingerprint density at radius 2 is 1.94 bits per heavy atom. The first-order valence-electron chi connectivity index (χ1n) is 5.60. The third-order valence-corrected chi connectivity index (χ3v) is 3.38. The molecule has 0 aliphatic carbocycles. The first-order valence-corrected chi connectivity index (χ1v) is 6.39. The van der Waals surface area contributed by atoms with Gasteiger partial charge in [0.1, 0.15) is 5.82 Å². The van der Waals surface area contributed by atoms with Crippen LogP contribution >= 0.6 is 15.9 Å². The number of fused-ring (bicyclic) bond motifs is 1. The molecule has 0 saturated heterocycles. The lowest BCUT2D eigenvalue weighted by atomic mass is 9.91. The Bertz CT molecular complexity index is 605. The van der Waals surface area contributed by atoms with Gasteiger partial charge in [-0.1, -0.05) is 20.8 Å². The maximum absolute atomic E-state index is 13.6. The molecular weight excluding hydrogens is 297 g/mol. The minimum Gasteiger partial charge on any atom is -0.323 e. The van der Waals surface area contributed by atoms with Crippen molar-refractivity contribution in [3.8, 4) is 0 Å². The lowest BCUT2D eigenvalue weighted by Gasteiger charge is -2.20. The fourth-order valence-electron chi connectivity index (χ4n) is 1.72. The van der Waals surface area contributed by atoms with Gasteiger partial charge in [-0.15, -0.1) is 0 Å². The van der Waals surface area contributed by atoms with E-state index in [0.717, 1.165) is 16.8 Å². The van der Waals surface area contributed by atoms with Gasteiger partial charge in [0.15, 0.2) is 0 Å². The number of rotatable bonds is 1. The van der Waals surface area contributed by atoms with Crippen LogP contribution in [0.1, 0.15) is 26.5 Å². The third kappa shape index (κ3) is 2.33. The summed E-state index contributed by atoms with van der Waals surface area (Å²) < 4.78 is 14.0. The molecule has 3 nitrogen and oxygen atoms in total. The second-order valence-corrected chi connectivity index (χ2v) is 6.09. The summed E-state index contributed by atoms with van der Waals surface area (Å²) in [6.45, 7) is 6.16. The number of aromatic nitrogens is 1. The molecule has 0 bridgehead atoms. The normalized spacial score (nSPS) is 11.9. The summed E-state index contributed by atoms with van der Waals surface area (Å²) in [6, 6.07) is 4.99. The molecule has 2 rings (SSSR count). The number of nitrogens with zero attached hydrogens (tertiary/aromatic N) is 1. The highest BCUT2D eigenvalue weighted by Gasteiger charge is 2.18. The highest BCUT2D eigenvalue weighted by Crippen LogP contribution is 2.31. The Labute approximate surface area is 114 Å². The summed E-state index contributed by atoms with van der Waals surface area (Å²) >= 11 is 3.17. The SMILES string of the molecule is CC(C)(C)c1cc(NN)c2cc(Br)c(F)cc2n1. The molecule has 5 heteroatoms. The van der Waals surface area contributed by atoms with Crippen molar-refractivity contribution in [2.24, 2.45) is 5.84 Å². The number of hydrogen-bond donors (Lipinski definition) is 2. The summed E-state index contributed by atoms with van der Waals surface area (Å²) in [6.07, 6.45) is 0. The first-order chi connectivity index (χ1) is 8.32. The monoisotopic (exact) mass is 311 g/mol. The summed E-state index contributed by atoms with van der Waals surface area (Å²) in [7, 11) is 0. The van der Waals surface area contributed by atoms with E-state index in [2.05, 4.69) is 47.1 Å². The molecule has 0 radical (unpaired) electrons. The van der Waals surface area contributed by atoms with Crippen molar-refractivity contribution in [2.75, 3.05) is 5.43 Å². The molecule has 1 heterocycles. The van der Waals surface area contributed by atoms with E-state index in [4.69, 9.17) is 5.84 Å². The zero-order valence-corrected chi connectivity index (χ0v) is 12.1. The minimum absolute atomic E-state index is 0.122. The number of nitrogen functional groups attached to an aromatic ring is 1. The lowest BCUT2D eigenvalue weighted by Crippen LogP contribution is -2.16. The van der Waals surface area contributed by atoms with Gasteiger partial charge < -0.3 is 5.43 Å². The Morgan fingerprint density at radius 1 is 1.28 bits per heavy atom. The molecule has 0 unspecified atom stereocenters. The molecule has 0 saturated carbocycles. The van der Waals surface area contributed by atoms with Crippen LogP contribution in [0, 0.1) is 5.82 Å². The zero-order valence-electron chi connectivity index (χ0n) is 10.5. The van der Waals surface area contributed by atoms with E-state index >= 15 is 0 Å². The molecule has 2 aromatic rings. The Kier molecular flexibility index (Phi) is 3.29. The highest BCUT2D eigenvalue weighted by molar-refractivity contribution is 9.10. The van der Waals surface area contributed by atoms with E-state index in [0.29, 0.717) is 9.99 Å². The smallest absolute Gasteiger partial charge is 0.139 e. The molecule has 0 amide bonds. The highest BCUT2D eigenvalue weighted by atomic mass is 79.9. The molecule has 0 spiro atoms. The van der Waals surface area contributed by atoms with Gasteiger partial charge in [-0.2, -0.15) is 0 Å². The van der Waals surface area contributed by atoms with Gasteiger partial charge in [0.2, 0.25) is 0 Å². The zero-order chi connectivity index (χ0) is 13.5. The Morgan fingerprint density at radius 3 is 2.50 bits per heavy atom. The van der Waals surface area contributed by atoms with Crippen molar-refractivity contribution in [1.29, 1.82) is 0 Å². The van der Waals surface area contributed by atoms with Gasteiger partial charge in [-0.05, 0) is 28.1 Å². The maximum Gasteiger partial charge on any atom is 0.139 e. The predicted octanol–water partition coefficient (Wildman–Crippen LogP) is 3.72. The average Bonchev–Trinajstić information content (AvgIpc) is 2.28. The van der Waals surface area contributed by atoms with Crippen molar-refractivity contribution < 1.29 is 4.39 Å². The maximum atomic E-state index is 13.6. The summed E-state index contributed by atoms with van der Waals surface area (Å²) in [5, 5.41) is 0.791. The quantitative estimate of drug-likeness (QED) is 0.623. The molecule has 0 aliphatic heterocycles. The van der Waals surface area contributed by atoms with Crippen LogP contribution in [0.3, 0.4) is 0 Å². The molecule has 1 aromatic carbocycles. The van der Waals surface area contributed by atoms with E-state index in [-0.39, 0.29) is 11.2 Å². The topological polar surface area (TPSA) is 50.9 Å². The lowest BCUT2D eigenvalue weighted by molar-refractivity contribution is 0.571. The number of nitrogens with two attached hydrogens (primary N) is 1. The second-order valence-electron chi connectivity index (χ2n) is 5.23. The average molecular weight is 312 g/mol. The summed E-state index contributed by atoms with van der Waals surface area (Å²) in [5.74, 6) is 5.20. The number of nitrogens with one attached hydrogen (secondary N) is 1. The molecule has 0 aliphatic rings. The summed E-state index contributed by atoms with van der Waals surface area (Å²) in [4.78, 5) is 4.50. The second kappa shape index (κ2) is 4.48. The van der Waals surface area contributed by atoms with E-state index in [9.17, 15) is 4.39 Å². The third-order valence-electron chi connectivity index (χ3n) is 2.77. The van der Waals surface area contributed by atoms with E-state index < -0.39 is 0 Å². The van der Waals surface area contributed by atoms with E-state index in [1.807, 2.05) is 6.07 Å². The number of hydrazine groups is 1. The molecular formula is C13H15BrFN3. The fraction of sp³-hybridized carbons (Fsp3) is 0.308. The molecule has 96 valence electrons. The molecule has 0 fully saturated rings. The first kappa shape index (κ1) is 13.2. The number of pyridine rings is 1. The van der Waals surface area contributed by atoms with Crippen LogP contribution in [0.25, 0.3) is 10.9 Å².